The second-order valence-corrected chi connectivity index (χ2v) is 7.86. The highest BCUT2D eigenvalue weighted by Gasteiger charge is 2.19. The van der Waals surface area contributed by atoms with E-state index in [0.717, 1.165) is 5.71 Å². The number of hydrazone groups is 1. The van der Waals surface area contributed by atoms with Gasteiger partial charge < -0.3 is 19.9 Å². The minimum atomic E-state index is -0.715. The molecule has 9 nitrogen and oxygen atoms in total. The number of nitrogens with zero attached hydrogens (tertiary/aromatic N) is 4. The van der Waals surface area contributed by atoms with Crippen molar-refractivity contribution < 1.29 is 14.6 Å². The van der Waals surface area contributed by atoms with Gasteiger partial charge in [0.1, 0.15) is 24.5 Å². The average Bonchev–Trinajstić information content (AvgIpc) is 2.76. The van der Waals surface area contributed by atoms with E-state index in [0.29, 0.717) is 42.6 Å². The van der Waals surface area contributed by atoms with Gasteiger partial charge in [0.15, 0.2) is 5.82 Å². The van der Waals surface area contributed by atoms with Crippen LogP contribution in [0, 0.1) is 11.3 Å². The molecule has 0 radical (unpaired) electrons. The fraction of sp³-hybridized carbons (Fsp3) is 0.455. The number of anilines is 1. The Kier molecular flexibility index (Phi) is 9.18. The van der Waals surface area contributed by atoms with Gasteiger partial charge in [-0.3, -0.25) is 5.43 Å². The summed E-state index contributed by atoms with van der Waals surface area (Å²) in [6, 6.07) is 12.5. The summed E-state index contributed by atoms with van der Waals surface area (Å²) in [7, 11) is 0. The van der Waals surface area contributed by atoms with Crippen LogP contribution in [0.2, 0.25) is 0 Å². The minimum Gasteiger partial charge on any atom is -0.489 e. The second-order valence-electron chi connectivity index (χ2n) is 7.86. The molecule has 31 heavy (non-hydrogen) atoms. The lowest BCUT2D eigenvalue weighted by Gasteiger charge is -2.27. The van der Waals surface area contributed by atoms with E-state index < -0.39 is 6.10 Å². The Labute approximate surface area is 183 Å². The molecule has 0 aliphatic heterocycles. The van der Waals surface area contributed by atoms with Crippen molar-refractivity contribution in [2.45, 2.75) is 45.8 Å². The van der Waals surface area contributed by atoms with Crippen LogP contribution in [0.1, 0.15) is 39.7 Å². The largest absolute Gasteiger partial charge is 0.489 e. The smallest absolute Gasteiger partial charge is 0.233 e. The normalized spacial score (nSPS) is 11.9. The van der Waals surface area contributed by atoms with Gasteiger partial charge >= 0.3 is 0 Å². The molecule has 0 saturated heterocycles. The maximum absolute atomic E-state index is 10.2. The molecule has 1 unspecified atom stereocenters. The van der Waals surface area contributed by atoms with Crippen molar-refractivity contribution >= 4 is 11.5 Å². The number of aliphatic hydroxyl groups is 1. The van der Waals surface area contributed by atoms with E-state index in [-0.39, 0.29) is 12.1 Å². The Bertz CT molecular complexity index is 889. The van der Waals surface area contributed by atoms with Gasteiger partial charge in [-0.2, -0.15) is 10.4 Å². The third kappa shape index (κ3) is 8.99. The first-order valence-corrected chi connectivity index (χ1v) is 10.1. The Morgan fingerprint density at radius 3 is 2.65 bits per heavy atom. The summed E-state index contributed by atoms with van der Waals surface area (Å²) in [6.07, 6.45) is -0.0222. The Balaban J connectivity index is 1.70. The molecule has 1 aromatic carbocycles. The molecule has 0 aliphatic rings. The lowest BCUT2D eigenvalue weighted by Crippen LogP contribution is -2.45. The molecule has 0 saturated carbocycles. The Morgan fingerprint density at radius 2 is 1.97 bits per heavy atom. The first-order chi connectivity index (χ1) is 14.8. The molecule has 0 fully saturated rings. The molecular formula is C22H30N6O3. The van der Waals surface area contributed by atoms with Gasteiger partial charge in [0.05, 0.1) is 12.2 Å². The van der Waals surface area contributed by atoms with Crippen molar-refractivity contribution in [1.82, 2.24) is 15.5 Å². The molecule has 166 valence electrons. The van der Waals surface area contributed by atoms with Crippen molar-refractivity contribution in [2.24, 2.45) is 5.10 Å². The number of para-hydroxylation sites is 1. The van der Waals surface area contributed by atoms with Crippen LogP contribution in [0.15, 0.2) is 41.5 Å². The molecule has 3 N–H and O–H groups in total. The molecule has 2 rings (SSSR count). The van der Waals surface area contributed by atoms with Crippen molar-refractivity contribution in [3.05, 3.63) is 42.0 Å². The number of aromatic nitrogens is 2. The lowest BCUT2D eigenvalue weighted by molar-refractivity contribution is 0.0962. The van der Waals surface area contributed by atoms with E-state index in [1.807, 2.05) is 27.7 Å². The molecule has 0 aliphatic carbocycles. The predicted octanol–water partition coefficient (Wildman–Crippen LogP) is 2.73. The van der Waals surface area contributed by atoms with Gasteiger partial charge in [-0.05, 0) is 52.3 Å². The molecule has 0 amide bonds. The number of β-amino-alcohol motifs (C(OH)–C–C–N with tert-alkyl or cyclic N) is 1. The summed E-state index contributed by atoms with van der Waals surface area (Å²) in [5, 5.41) is 34.7. The van der Waals surface area contributed by atoms with Crippen LogP contribution in [-0.2, 0) is 0 Å². The molecule has 1 heterocycles. The monoisotopic (exact) mass is 426 g/mol. The van der Waals surface area contributed by atoms with Crippen LogP contribution in [0.4, 0.5) is 5.82 Å². The van der Waals surface area contributed by atoms with Crippen LogP contribution in [-0.4, -0.2) is 52.4 Å². The van der Waals surface area contributed by atoms with Gasteiger partial charge in [0.25, 0.3) is 0 Å². The Hall–Kier alpha value is -3.22. The third-order valence-electron chi connectivity index (χ3n) is 4.27. The molecule has 1 aromatic heterocycles. The zero-order chi connectivity index (χ0) is 22.7. The Morgan fingerprint density at radius 1 is 1.19 bits per heavy atom. The maximum atomic E-state index is 10.2. The fourth-order valence-corrected chi connectivity index (χ4v) is 2.45. The number of ether oxygens (including phenoxy) is 2. The molecule has 2 aromatic rings. The van der Waals surface area contributed by atoms with Crippen molar-refractivity contribution in [1.29, 1.82) is 5.26 Å². The second kappa shape index (κ2) is 11.8. The number of rotatable bonds is 12. The molecule has 0 bridgehead atoms. The van der Waals surface area contributed by atoms with Crippen molar-refractivity contribution in [3.63, 3.8) is 0 Å². The summed E-state index contributed by atoms with van der Waals surface area (Å²) in [5.74, 6) is 1.45. The zero-order valence-electron chi connectivity index (χ0n) is 18.4. The minimum absolute atomic E-state index is 0.0931. The number of nitriles is 1. The van der Waals surface area contributed by atoms with Gasteiger partial charge in [0.2, 0.25) is 5.88 Å². The van der Waals surface area contributed by atoms with Crippen LogP contribution in [0.3, 0.4) is 0 Å². The zero-order valence-corrected chi connectivity index (χ0v) is 18.4. The van der Waals surface area contributed by atoms with Gasteiger partial charge in [-0.15, -0.1) is 10.2 Å². The quantitative estimate of drug-likeness (QED) is 0.349. The first-order valence-electron chi connectivity index (χ1n) is 10.1. The first kappa shape index (κ1) is 24.1. The number of hydrogen-bond donors (Lipinski definition) is 3. The predicted molar refractivity (Wildman–Crippen MR) is 119 cm³/mol. The highest BCUT2D eigenvalue weighted by molar-refractivity contribution is 5.79. The molecular weight excluding hydrogens is 396 g/mol. The van der Waals surface area contributed by atoms with E-state index in [1.165, 1.54) is 0 Å². The molecule has 0 spiro atoms. The SMILES string of the molecule is CC(C)=NNc1ccc(OCCC(C)(C)NCC(O)COc2ccccc2C#N)nn1. The van der Waals surface area contributed by atoms with E-state index >= 15 is 0 Å². The number of benzene rings is 1. The standard InChI is InChI=1S/C22H30N6O3/c1-16(2)25-26-20-9-10-21(28-27-20)30-12-11-22(3,4)24-14-18(29)15-31-19-8-6-5-7-17(19)13-23/h5-10,18,24,29H,11-12,14-15H2,1-4H3,(H,26,27). The van der Waals surface area contributed by atoms with Gasteiger partial charge in [-0.25, -0.2) is 0 Å². The third-order valence-corrected chi connectivity index (χ3v) is 4.27. The highest BCUT2D eigenvalue weighted by atomic mass is 16.5. The van der Waals surface area contributed by atoms with Crippen molar-refractivity contribution in [3.8, 4) is 17.7 Å². The van der Waals surface area contributed by atoms with E-state index in [9.17, 15) is 5.11 Å². The van der Waals surface area contributed by atoms with E-state index in [2.05, 4.69) is 32.1 Å². The average molecular weight is 427 g/mol. The molecule has 1 atom stereocenters. The van der Waals surface area contributed by atoms with Gasteiger partial charge in [0, 0.05) is 23.9 Å². The lowest BCUT2D eigenvalue weighted by atomic mass is 10.0. The summed E-state index contributed by atoms with van der Waals surface area (Å²) in [6.45, 7) is 8.70. The molecule has 9 heteroatoms. The van der Waals surface area contributed by atoms with Crippen LogP contribution in [0.25, 0.3) is 0 Å². The number of nitrogens with one attached hydrogen (secondary N) is 2. The number of hydrogen-bond acceptors (Lipinski definition) is 9. The maximum Gasteiger partial charge on any atom is 0.233 e. The summed E-state index contributed by atoms with van der Waals surface area (Å²) in [5.41, 5.74) is 3.87. The highest BCUT2D eigenvalue weighted by Crippen LogP contribution is 2.17. The summed E-state index contributed by atoms with van der Waals surface area (Å²) in [4.78, 5) is 0. The number of aliphatic hydroxyl groups excluding tert-OH is 1. The van der Waals surface area contributed by atoms with Gasteiger partial charge in [-0.1, -0.05) is 12.1 Å². The topological polar surface area (TPSA) is 125 Å². The summed E-state index contributed by atoms with van der Waals surface area (Å²) >= 11 is 0. The van der Waals surface area contributed by atoms with Crippen molar-refractivity contribution in [2.75, 3.05) is 25.2 Å². The van der Waals surface area contributed by atoms with E-state index in [4.69, 9.17) is 14.7 Å². The summed E-state index contributed by atoms with van der Waals surface area (Å²) < 4.78 is 11.2. The van der Waals surface area contributed by atoms with E-state index in [1.54, 1.807) is 36.4 Å². The van der Waals surface area contributed by atoms with Crippen LogP contribution in [0.5, 0.6) is 11.6 Å². The van der Waals surface area contributed by atoms with Crippen LogP contribution < -0.4 is 20.2 Å². The van der Waals surface area contributed by atoms with Crippen LogP contribution >= 0.6 is 0 Å². The fourth-order valence-electron chi connectivity index (χ4n) is 2.45.